The molecule has 1 saturated heterocycles. The van der Waals surface area contributed by atoms with Crippen LogP contribution in [0, 0.1) is 5.92 Å². The van der Waals surface area contributed by atoms with Gasteiger partial charge in [0, 0.05) is 19.1 Å². The van der Waals surface area contributed by atoms with Crippen molar-refractivity contribution in [3.05, 3.63) is 0 Å². The number of ether oxygens (including phenoxy) is 1. The van der Waals surface area contributed by atoms with Crippen molar-refractivity contribution in [1.29, 1.82) is 0 Å². The molecule has 0 radical (unpaired) electrons. The summed E-state index contributed by atoms with van der Waals surface area (Å²) in [5.74, 6) is 0.539. The largest absolute Gasteiger partial charge is 0.444 e. The van der Waals surface area contributed by atoms with Gasteiger partial charge in [0.05, 0.1) is 0 Å². The van der Waals surface area contributed by atoms with E-state index in [1.54, 1.807) is 0 Å². The Labute approximate surface area is 98.3 Å². The zero-order chi connectivity index (χ0) is 12.3. The van der Waals surface area contributed by atoms with Crippen molar-refractivity contribution in [3.8, 4) is 0 Å². The minimum atomic E-state index is -0.399. The van der Waals surface area contributed by atoms with Crippen LogP contribution in [0.1, 0.15) is 34.1 Å². The first-order valence-electron chi connectivity index (χ1n) is 5.98. The van der Waals surface area contributed by atoms with Gasteiger partial charge in [-0.15, -0.1) is 0 Å². The summed E-state index contributed by atoms with van der Waals surface area (Å²) in [7, 11) is 1.96. The Morgan fingerprint density at radius 1 is 1.50 bits per heavy atom. The van der Waals surface area contributed by atoms with Crippen molar-refractivity contribution in [2.24, 2.45) is 5.92 Å². The first-order chi connectivity index (χ1) is 7.33. The SMILES string of the molecule is CNC(C)C1CCN(C(=O)OC(C)(C)C)C1. The van der Waals surface area contributed by atoms with Crippen LogP contribution in [0.5, 0.6) is 0 Å². The second-order valence-electron chi connectivity index (χ2n) is 5.55. The molecular weight excluding hydrogens is 204 g/mol. The van der Waals surface area contributed by atoms with Gasteiger partial charge in [-0.3, -0.25) is 0 Å². The lowest BCUT2D eigenvalue weighted by Gasteiger charge is -2.25. The molecule has 0 aromatic rings. The van der Waals surface area contributed by atoms with Crippen molar-refractivity contribution < 1.29 is 9.53 Å². The zero-order valence-corrected chi connectivity index (χ0v) is 11.0. The quantitative estimate of drug-likeness (QED) is 0.784. The molecule has 4 nitrogen and oxygen atoms in total. The minimum absolute atomic E-state index is 0.182. The van der Waals surface area contributed by atoms with Crippen LogP contribution in [0.3, 0.4) is 0 Å². The number of hydrogen-bond acceptors (Lipinski definition) is 3. The number of rotatable bonds is 2. The Morgan fingerprint density at radius 3 is 2.62 bits per heavy atom. The molecule has 0 aromatic heterocycles. The molecule has 1 fully saturated rings. The molecule has 0 spiro atoms. The van der Waals surface area contributed by atoms with Crippen LogP contribution in [0.2, 0.25) is 0 Å². The molecule has 0 bridgehead atoms. The summed E-state index contributed by atoms with van der Waals surface area (Å²) in [5, 5.41) is 3.24. The lowest BCUT2D eigenvalue weighted by Crippen LogP contribution is -2.37. The third-order valence-electron chi connectivity index (χ3n) is 3.04. The molecule has 1 aliphatic heterocycles. The second-order valence-corrected chi connectivity index (χ2v) is 5.55. The fourth-order valence-corrected chi connectivity index (χ4v) is 1.92. The fourth-order valence-electron chi connectivity index (χ4n) is 1.92. The first-order valence-corrected chi connectivity index (χ1v) is 5.98. The van der Waals surface area contributed by atoms with E-state index in [2.05, 4.69) is 12.2 Å². The summed E-state index contributed by atoms with van der Waals surface area (Å²) >= 11 is 0. The molecule has 94 valence electrons. The van der Waals surface area contributed by atoms with E-state index in [1.165, 1.54) is 0 Å². The Balaban J connectivity index is 2.44. The molecule has 0 aromatic carbocycles. The van der Waals surface area contributed by atoms with Gasteiger partial charge < -0.3 is 15.0 Å². The Hall–Kier alpha value is -0.770. The molecule has 0 saturated carbocycles. The number of amides is 1. The molecule has 1 heterocycles. The molecule has 2 unspecified atom stereocenters. The van der Waals surface area contributed by atoms with Gasteiger partial charge in [-0.05, 0) is 47.1 Å². The molecule has 1 amide bonds. The topological polar surface area (TPSA) is 41.6 Å². The second kappa shape index (κ2) is 5.04. The van der Waals surface area contributed by atoms with Crippen LogP contribution < -0.4 is 5.32 Å². The van der Waals surface area contributed by atoms with E-state index in [9.17, 15) is 4.79 Å². The number of likely N-dealkylation sites (tertiary alicyclic amines) is 1. The highest BCUT2D eigenvalue weighted by atomic mass is 16.6. The summed E-state index contributed by atoms with van der Waals surface area (Å²) in [6.07, 6.45) is 0.875. The van der Waals surface area contributed by atoms with Gasteiger partial charge in [0.1, 0.15) is 5.60 Å². The van der Waals surface area contributed by atoms with E-state index in [1.807, 2.05) is 32.7 Å². The molecule has 1 N–H and O–H groups in total. The third kappa shape index (κ3) is 3.67. The number of nitrogens with zero attached hydrogens (tertiary/aromatic N) is 1. The van der Waals surface area contributed by atoms with Crippen LogP contribution >= 0.6 is 0 Å². The molecule has 16 heavy (non-hydrogen) atoms. The zero-order valence-electron chi connectivity index (χ0n) is 11.0. The van der Waals surface area contributed by atoms with Gasteiger partial charge in [-0.1, -0.05) is 0 Å². The van der Waals surface area contributed by atoms with Gasteiger partial charge in [0.2, 0.25) is 0 Å². The maximum atomic E-state index is 11.8. The van der Waals surface area contributed by atoms with Crippen molar-refractivity contribution in [1.82, 2.24) is 10.2 Å². The highest BCUT2D eigenvalue weighted by molar-refractivity contribution is 5.68. The Morgan fingerprint density at radius 2 is 2.12 bits per heavy atom. The van der Waals surface area contributed by atoms with Gasteiger partial charge in [-0.25, -0.2) is 4.79 Å². The van der Waals surface area contributed by atoms with E-state index in [4.69, 9.17) is 4.74 Å². The summed E-state index contributed by atoms with van der Waals surface area (Å²) in [6.45, 7) is 9.46. The number of nitrogens with one attached hydrogen (secondary N) is 1. The lowest BCUT2D eigenvalue weighted by atomic mass is 10.0. The van der Waals surface area contributed by atoms with Crippen molar-refractivity contribution in [2.75, 3.05) is 20.1 Å². The van der Waals surface area contributed by atoms with E-state index in [0.717, 1.165) is 19.5 Å². The van der Waals surface area contributed by atoms with Crippen LogP contribution in [-0.4, -0.2) is 42.8 Å². The molecular formula is C12H24N2O2. The smallest absolute Gasteiger partial charge is 0.410 e. The fraction of sp³-hybridized carbons (Fsp3) is 0.917. The predicted molar refractivity (Wildman–Crippen MR) is 64.4 cm³/mol. The standard InChI is InChI=1S/C12H24N2O2/c1-9(13-5)10-6-7-14(8-10)11(15)16-12(2,3)4/h9-10,13H,6-8H2,1-5H3. The van der Waals surface area contributed by atoms with Crippen LogP contribution in [-0.2, 0) is 4.74 Å². The van der Waals surface area contributed by atoms with Crippen molar-refractivity contribution in [2.45, 2.75) is 45.8 Å². The minimum Gasteiger partial charge on any atom is -0.444 e. The summed E-state index contributed by atoms with van der Waals surface area (Å²) in [5.41, 5.74) is -0.399. The summed E-state index contributed by atoms with van der Waals surface area (Å²) in [6, 6.07) is 0.451. The van der Waals surface area contributed by atoms with Crippen LogP contribution in [0.4, 0.5) is 4.79 Å². The molecule has 1 aliphatic rings. The van der Waals surface area contributed by atoms with Gasteiger partial charge in [-0.2, -0.15) is 0 Å². The van der Waals surface area contributed by atoms with E-state index in [-0.39, 0.29) is 6.09 Å². The molecule has 2 atom stereocenters. The summed E-state index contributed by atoms with van der Waals surface area (Å²) < 4.78 is 5.35. The Bertz CT molecular complexity index is 248. The van der Waals surface area contributed by atoms with Gasteiger partial charge >= 0.3 is 6.09 Å². The molecule has 4 heteroatoms. The summed E-state index contributed by atoms with van der Waals surface area (Å²) in [4.78, 5) is 13.6. The highest BCUT2D eigenvalue weighted by Gasteiger charge is 2.31. The average molecular weight is 228 g/mol. The van der Waals surface area contributed by atoms with Crippen LogP contribution in [0.15, 0.2) is 0 Å². The van der Waals surface area contributed by atoms with Crippen LogP contribution in [0.25, 0.3) is 0 Å². The maximum Gasteiger partial charge on any atom is 0.410 e. The number of carbonyl (C=O) groups is 1. The number of hydrogen-bond donors (Lipinski definition) is 1. The van der Waals surface area contributed by atoms with Gasteiger partial charge in [0.15, 0.2) is 0 Å². The highest BCUT2D eigenvalue weighted by Crippen LogP contribution is 2.21. The molecule has 0 aliphatic carbocycles. The average Bonchev–Trinajstić information content (AvgIpc) is 2.62. The maximum absolute atomic E-state index is 11.8. The first kappa shape index (κ1) is 13.3. The predicted octanol–water partition coefficient (Wildman–Crippen LogP) is 1.85. The van der Waals surface area contributed by atoms with E-state index >= 15 is 0 Å². The lowest BCUT2D eigenvalue weighted by molar-refractivity contribution is 0.0286. The van der Waals surface area contributed by atoms with Crippen molar-refractivity contribution in [3.63, 3.8) is 0 Å². The van der Waals surface area contributed by atoms with Gasteiger partial charge in [0.25, 0.3) is 0 Å². The van der Waals surface area contributed by atoms with E-state index < -0.39 is 5.60 Å². The normalized spacial score (nSPS) is 23.3. The van der Waals surface area contributed by atoms with Crippen molar-refractivity contribution >= 4 is 6.09 Å². The number of carbonyl (C=O) groups excluding carboxylic acids is 1. The third-order valence-corrected chi connectivity index (χ3v) is 3.04. The van der Waals surface area contributed by atoms with E-state index in [0.29, 0.717) is 12.0 Å². The molecule has 1 rings (SSSR count). The monoisotopic (exact) mass is 228 g/mol. The Kier molecular flexibility index (Phi) is 4.19.